The third kappa shape index (κ3) is 5.63. The van der Waals surface area contributed by atoms with Crippen LogP contribution in [0.25, 0.3) is 10.8 Å². The van der Waals surface area contributed by atoms with Gasteiger partial charge in [-0.1, -0.05) is 68.4 Å². The van der Waals surface area contributed by atoms with Gasteiger partial charge in [0, 0.05) is 11.1 Å². The zero-order chi connectivity index (χ0) is 25.0. The van der Waals surface area contributed by atoms with Gasteiger partial charge in [-0.25, -0.2) is 8.42 Å². The van der Waals surface area contributed by atoms with Crippen LogP contribution in [0.2, 0.25) is 0 Å². The minimum absolute atomic E-state index is 0.0959. The maximum absolute atomic E-state index is 13.0. The Morgan fingerprint density at radius 3 is 2.20 bits per heavy atom. The summed E-state index contributed by atoms with van der Waals surface area (Å²) in [6, 6.07) is 26.7. The van der Waals surface area contributed by atoms with Crippen LogP contribution >= 0.6 is 0 Å². The number of fused-ring (bicyclic) bond motifs is 1. The number of ether oxygens (including phenoxy) is 1. The molecule has 1 amide bonds. The second kappa shape index (κ2) is 10.2. The highest BCUT2D eigenvalue weighted by Gasteiger charge is 2.19. The van der Waals surface area contributed by atoms with Crippen molar-refractivity contribution in [3.8, 4) is 5.75 Å². The summed E-state index contributed by atoms with van der Waals surface area (Å²) in [5, 5.41) is 4.54. The molecule has 180 valence electrons. The van der Waals surface area contributed by atoms with E-state index >= 15 is 0 Å². The monoisotopic (exact) mass is 488 g/mol. The Balaban J connectivity index is 1.44. The normalized spacial score (nSPS) is 12.3. The highest BCUT2D eigenvalue weighted by Crippen LogP contribution is 2.28. The Hall–Kier alpha value is -3.84. The topological polar surface area (TPSA) is 84.5 Å². The van der Waals surface area contributed by atoms with Crippen LogP contribution in [0.4, 0.5) is 11.4 Å². The van der Waals surface area contributed by atoms with E-state index in [0.29, 0.717) is 17.1 Å². The van der Waals surface area contributed by atoms with Crippen LogP contribution in [0, 0.1) is 0 Å². The van der Waals surface area contributed by atoms with Crippen molar-refractivity contribution >= 4 is 38.1 Å². The Morgan fingerprint density at radius 2 is 1.46 bits per heavy atom. The van der Waals surface area contributed by atoms with Crippen LogP contribution in [0.15, 0.2) is 95.9 Å². The van der Waals surface area contributed by atoms with Crippen LogP contribution in [-0.2, 0) is 14.8 Å². The lowest BCUT2D eigenvalue weighted by Gasteiger charge is -2.18. The number of sulfonamides is 1. The molecular formula is C28H28N2O4S. The third-order valence-electron chi connectivity index (χ3n) is 5.68. The van der Waals surface area contributed by atoms with Crippen molar-refractivity contribution in [2.24, 2.45) is 0 Å². The number of carbonyl (C=O) groups is 1. The SMILES string of the molecule is CC(C)c1ccccc1O[C@H](C)C(=O)Nc1ccc(S(=O)(=O)Nc2cccc3ccccc23)cc1. The van der Waals surface area contributed by atoms with Crippen molar-refractivity contribution in [2.75, 3.05) is 10.0 Å². The van der Waals surface area contributed by atoms with Gasteiger partial charge in [0.25, 0.3) is 15.9 Å². The first kappa shape index (κ1) is 24.3. The van der Waals surface area contributed by atoms with Gasteiger partial charge in [-0.3, -0.25) is 9.52 Å². The molecule has 0 aliphatic carbocycles. The molecule has 4 rings (SSSR count). The fourth-order valence-electron chi connectivity index (χ4n) is 3.79. The van der Waals surface area contributed by atoms with Gasteiger partial charge < -0.3 is 10.1 Å². The minimum atomic E-state index is -3.81. The molecule has 35 heavy (non-hydrogen) atoms. The van der Waals surface area contributed by atoms with Crippen LogP contribution < -0.4 is 14.8 Å². The first-order valence-corrected chi connectivity index (χ1v) is 12.9. The van der Waals surface area contributed by atoms with Crippen molar-refractivity contribution in [2.45, 2.75) is 37.7 Å². The number of anilines is 2. The fourth-order valence-corrected chi connectivity index (χ4v) is 4.87. The van der Waals surface area contributed by atoms with E-state index in [4.69, 9.17) is 4.74 Å². The molecule has 0 saturated carbocycles. The molecule has 0 radical (unpaired) electrons. The van der Waals surface area contributed by atoms with Crippen molar-refractivity contribution < 1.29 is 17.9 Å². The van der Waals surface area contributed by atoms with Gasteiger partial charge in [0.15, 0.2) is 6.10 Å². The smallest absolute Gasteiger partial charge is 0.265 e. The Morgan fingerprint density at radius 1 is 0.800 bits per heavy atom. The molecule has 0 fully saturated rings. The summed E-state index contributed by atoms with van der Waals surface area (Å²) in [5.41, 5.74) is 2.01. The number of carbonyl (C=O) groups excluding carboxylic acids is 1. The molecule has 4 aromatic carbocycles. The van der Waals surface area contributed by atoms with Crippen molar-refractivity contribution in [1.29, 1.82) is 0 Å². The average Bonchev–Trinajstić information content (AvgIpc) is 2.84. The molecule has 6 nitrogen and oxygen atoms in total. The van der Waals surface area contributed by atoms with Gasteiger partial charge in [-0.15, -0.1) is 0 Å². The quantitative estimate of drug-likeness (QED) is 0.311. The van der Waals surface area contributed by atoms with E-state index < -0.39 is 16.1 Å². The van der Waals surface area contributed by atoms with Crippen molar-refractivity contribution in [1.82, 2.24) is 0 Å². The maximum atomic E-state index is 13.0. The molecule has 0 bridgehead atoms. The van der Waals surface area contributed by atoms with Crippen LogP contribution in [0.5, 0.6) is 5.75 Å². The van der Waals surface area contributed by atoms with Gasteiger partial charge >= 0.3 is 0 Å². The molecule has 4 aromatic rings. The maximum Gasteiger partial charge on any atom is 0.265 e. The van der Waals surface area contributed by atoms with E-state index in [1.165, 1.54) is 12.1 Å². The summed E-state index contributed by atoms with van der Waals surface area (Å²) in [6.45, 7) is 5.81. The second-order valence-corrected chi connectivity index (χ2v) is 10.3. The number of para-hydroxylation sites is 1. The summed E-state index contributed by atoms with van der Waals surface area (Å²) < 4.78 is 34.5. The number of amides is 1. The predicted octanol–water partition coefficient (Wildman–Crippen LogP) is 6.17. The lowest BCUT2D eigenvalue weighted by Crippen LogP contribution is -2.30. The molecule has 2 N–H and O–H groups in total. The predicted molar refractivity (Wildman–Crippen MR) is 140 cm³/mol. The summed E-state index contributed by atoms with van der Waals surface area (Å²) in [5.74, 6) is 0.609. The standard InChI is InChI=1S/C28H28N2O4S/c1-19(2)24-11-6-7-14-27(24)34-20(3)28(31)29-22-15-17-23(18-16-22)35(32,33)30-26-13-8-10-21-9-4-5-12-25(21)26/h4-20,30H,1-3H3,(H,29,31)/t20-/m1/s1. The molecular weight excluding hydrogens is 460 g/mol. The molecule has 0 saturated heterocycles. The Labute approximate surface area is 206 Å². The molecule has 0 spiro atoms. The fraction of sp³-hybridized carbons (Fsp3) is 0.179. The molecule has 1 atom stereocenters. The second-order valence-electron chi connectivity index (χ2n) is 8.60. The molecule has 0 aromatic heterocycles. The lowest BCUT2D eigenvalue weighted by atomic mass is 10.0. The first-order valence-electron chi connectivity index (χ1n) is 11.4. The van der Waals surface area contributed by atoms with E-state index in [-0.39, 0.29) is 16.7 Å². The third-order valence-corrected chi connectivity index (χ3v) is 7.06. The Kier molecular flexibility index (Phi) is 7.07. The van der Waals surface area contributed by atoms with Gasteiger partial charge in [-0.2, -0.15) is 0 Å². The van der Waals surface area contributed by atoms with Crippen LogP contribution in [0.3, 0.4) is 0 Å². The summed E-state index contributed by atoms with van der Waals surface area (Å²) in [6.07, 6.45) is -0.730. The highest BCUT2D eigenvalue weighted by atomic mass is 32.2. The molecule has 0 aliphatic rings. The number of hydrogen-bond donors (Lipinski definition) is 2. The highest BCUT2D eigenvalue weighted by molar-refractivity contribution is 7.92. The zero-order valence-electron chi connectivity index (χ0n) is 19.9. The van der Waals surface area contributed by atoms with Crippen molar-refractivity contribution in [3.63, 3.8) is 0 Å². The van der Waals surface area contributed by atoms with Gasteiger partial charge in [0.2, 0.25) is 0 Å². The number of benzene rings is 4. The van der Waals surface area contributed by atoms with E-state index in [2.05, 4.69) is 23.9 Å². The molecule has 0 unspecified atom stereocenters. The molecule has 0 heterocycles. The van der Waals surface area contributed by atoms with E-state index in [1.54, 1.807) is 25.1 Å². The molecule has 7 heteroatoms. The summed E-state index contributed by atoms with van der Waals surface area (Å²) in [4.78, 5) is 12.8. The largest absolute Gasteiger partial charge is 0.481 e. The van der Waals surface area contributed by atoms with Gasteiger partial charge in [0.05, 0.1) is 10.6 Å². The number of hydrogen-bond acceptors (Lipinski definition) is 4. The van der Waals surface area contributed by atoms with E-state index in [9.17, 15) is 13.2 Å². The minimum Gasteiger partial charge on any atom is -0.481 e. The van der Waals surface area contributed by atoms with Crippen LogP contribution in [0.1, 0.15) is 32.3 Å². The first-order chi connectivity index (χ1) is 16.7. The summed E-state index contributed by atoms with van der Waals surface area (Å²) in [7, 11) is -3.81. The Bertz CT molecular complexity index is 1440. The van der Waals surface area contributed by atoms with Crippen LogP contribution in [-0.4, -0.2) is 20.4 Å². The number of rotatable bonds is 8. The lowest BCUT2D eigenvalue weighted by molar-refractivity contribution is -0.122. The van der Waals surface area contributed by atoms with Gasteiger partial charge in [-0.05, 0) is 60.2 Å². The van der Waals surface area contributed by atoms with Gasteiger partial charge in [0.1, 0.15) is 5.75 Å². The zero-order valence-corrected chi connectivity index (χ0v) is 20.7. The molecule has 0 aliphatic heterocycles. The average molecular weight is 489 g/mol. The number of nitrogens with one attached hydrogen (secondary N) is 2. The summed E-state index contributed by atoms with van der Waals surface area (Å²) >= 11 is 0. The van der Waals surface area contributed by atoms with E-state index in [1.807, 2.05) is 60.7 Å². The van der Waals surface area contributed by atoms with E-state index in [0.717, 1.165) is 16.3 Å². The van der Waals surface area contributed by atoms with Crippen molar-refractivity contribution in [3.05, 3.63) is 96.6 Å².